The molecule has 122 valence electrons. The number of likely N-dealkylation sites (tertiary alicyclic amines) is 1. The number of carbonyl (C=O) groups excluding carboxylic acids is 1. The summed E-state index contributed by atoms with van der Waals surface area (Å²) < 4.78 is 0. The first-order valence-corrected chi connectivity index (χ1v) is 8.09. The molecule has 2 N–H and O–H groups in total. The SMILES string of the molecule is CCCC1(C(=O)O)CCCN(C(=O)NC(C)CC(C)C)C1. The number of carboxylic acids is 1. The number of rotatable bonds is 6. The number of hydrogen-bond acceptors (Lipinski definition) is 2. The van der Waals surface area contributed by atoms with Crippen molar-refractivity contribution in [3.05, 3.63) is 0 Å². The zero-order valence-electron chi connectivity index (χ0n) is 13.8. The van der Waals surface area contributed by atoms with Gasteiger partial charge in [-0.1, -0.05) is 27.2 Å². The van der Waals surface area contributed by atoms with Crippen LogP contribution in [0.5, 0.6) is 0 Å². The maximum absolute atomic E-state index is 12.3. The largest absolute Gasteiger partial charge is 0.481 e. The van der Waals surface area contributed by atoms with Gasteiger partial charge < -0.3 is 15.3 Å². The van der Waals surface area contributed by atoms with E-state index < -0.39 is 11.4 Å². The molecule has 0 aromatic rings. The third-order valence-corrected chi connectivity index (χ3v) is 4.24. The van der Waals surface area contributed by atoms with Crippen molar-refractivity contribution in [3.8, 4) is 0 Å². The van der Waals surface area contributed by atoms with Gasteiger partial charge in [0.05, 0.1) is 5.41 Å². The van der Waals surface area contributed by atoms with Gasteiger partial charge in [0, 0.05) is 19.1 Å². The van der Waals surface area contributed by atoms with Crippen molar-refractivity contribution in [2.45, 2.75) is 65.8 Å². The molecular weight excluding hydrogens is 268 g/mol. The lowest BCUT2D eigenvalue weighted by atomic mass is 9.76. The van der Waals surface area contributed by atoms with Gasteiger partial charge in [0.15, 0.2) is 0 Å². The van der Waals surface area contributed by atoms with E-state index in [1.54, 1.807) is 4.90 Å². The Morgan fingerprint density at radius 3 is 2.52 bits per heavy atom. The van der Waals surface area contributed by atoms with Crippen molar-refractivity contribution in [2.24, 2.45) is 11.3 Å². The predicted octanol–water partition coefficient (Wildman–Crippen LogP) is 3.10. The molecule has 0 bridgehead atoms. The molecule has 2 atom stereocenters. The lowest BCUT2D eigenvalue weighted by Gasteiger charge is -2.40. The molecule has 0 aromatic heterocycles. The lowest BCUT2D eigenvalue weighted by molar-refractivity contribution is -0.152. The Hall–Kier alpha value is -1.26. The number of carbonyl (C=O) groups is 2. The molecule has 0 aliphatic carbocycles. The third-order valence-electron chi connectivity index (χ3n) is 4.24. The van der Waals surface area contributed by atoms with Gasteiger partial charge in [0.1, 0.15) is 0 Å². The Kier molecular flexibility index (Phi) is 6.49. The van der Waals surface area contributed by atoms with E-state index in [2.05, 4.69) is 19.2 Å². The van der Waals surface area contributed by atoms with Crippen molar-refractivity contribution in [2.75, 3.05) is 13.1 Å². The second-order valence-corrected chi connectivity index (χ2v) is 6.84. The first-order valence-electron chi connectivity index (χ1n) is 8.09. The van der Waals surface area contributed by atoms with Gasteiger partial charge in [0.2, 0.25) is 0 Å². The summed E-state index contributed by atoms with van der Waals surface area (Å²) in [6, 6.07) is -0.00518. The standard InChI is InChI=1S/C16H30N2O3/c1-5-7-16(14(19)20)8-6-9-18(11-16)15(21)17-13(4)10-12(2)3/h12-13H,5-11H2,1-4H3,(H,17,21)(H,19,20). The highest BCUT2D eigenvalue weighted by molar-refractivity contribution is 5.79. The molecule has 5 heteroatoms. The van der Waals surface area contributed by atoms with Crippen LogP contribution < -0.4 is 5.32 Å². The zero-order chi connectivity index (χ0) is 16.0. The van der Waals surface area contributed by atoms with E-state index >= 15 is 0 Å². The average Bonchev–Trinajstić information content (AvgIpc) is 2.38. The molecule has 2 amide bonds. The van der Waals surface area contributed by atoms with Crippen LogP contribution in [-0.2, 0) is 4.79 Å². The molecule has 0 saturated carbocycles. The van der Waals surface area contributed by atoms with Crippen LogP contribution in [0.2, 0.25) is 0 Å². The van der Waals surface area contributed by atoms with Crippen molar-refractivity contribution in [1.29, 1.82) is 0 Å². The number of amides is 2. The van der Waals surface area contributed by atoms with Crippen LogP contribution in [0.4, 0.5) is 4.79 Å². The smallest absolute Gasteiger partial charge is 0.317 e. The number of nitrogens with one attached hydrogen (secondary N) is 1. The first-order chi connectivity index (χ1) is 9.80. The quantitative estimate of drug-likeness (QED) is 0.791. The molecule has 0 spiro atoms. The van der Waals surface area contributed by atoms with E-state index in [0.717, 1.165) is 19.3 Å². The van der Waals surface area contributed by atoms with Crippen LogP contribution in [0, 0.1) is 11.3 Å². The Morgan fingerprint density at radius 1 is 1.33 bits per heavy atom. The summed E-state index contributed by atoms with van der Waals surface area (Å²) >= 11 is 0. The maximum Gasteiger partial charge on any atom is 0.317 e. The Balaban J connectivity index is 2.66. The Bertz CT molecular complexity index is 367. The van der Waals surface area contributed by atoms with Crippen LogP contribution in [-0.4, -0.2) is 41.1 Å². The summed E-state index contributed by atoms with van der Waals surface area (Å²) in [5.41, 5.74) is -0.758. The minimum absolute atomic E-state index is 0.116. The summed E-state index contributed by atoms with van der Waals surface area (Å²) in [4.78, 5) is 25.7. The summed E-state index contributed by atoms with van der Waals surface area (Å²) in [6.45, 7) is 9.22. The highest BCUT2D eigenvalue weighted by Crippen LogP contribution is 2.35. The van der Waals surface area contributed by atoms with Gasteiger partial charge in [-0.05, 0) is 38.5 Å². The number of hydrogen-bond donors (Lipinski definition) is 2. The Labute approximate surface area is 128 Å². The number of piperidine rings is 1. The molecule has 21 heavy (non-hydrogen) atoms. The molecule has 1 aliphatic rings. The minimum Gasteiger partial charge on any atom is -0.481 e. The molecule has 0 aromatic carbocycles. The van der Waals surface area contributed by atoms with E-state index in [-0.39, 0.29) is 12.1 Å². The monoisotopic (exact) mass is 298 g/mol. The van der Waals surface area contributed by atoms with Gasteiger partial charge in [0.25, 0.3) is 0 Å². The van der Waals surface area contributed by atoms with Gasteiger partial charge in [-0.25, -0.2) is 4.79 Å². The molecule has 1 heterocycles. The topological polar surface area (TPSA) is 69.6 Å². The highest BCUT2D eigenvalue weighted by atomic mass is 16.4. The fraction of sp³-hybridized carbons (Fsp3) is 0.875. The summed E-state index contributed by atoms with van der Waals surface area (Å²) in [7, 11) is 0. The van der Waals surface area contributed by atoms with Crippen molar-refractivity contribution >= 4 is 12.0 Å². The fourth-order valence-corrected chi connectivity index (χ4v) is 3.34. The van der Waals surface area contributed by atoms with E-state index in [1.165, 1.54) is 0 Å². The number of carboxylic acid groups (broad SMARTS) is 1. The summed E-state index contributed by atoms with van der Waals surface area (Å²) in [6.07, 6.45) is 3.82. The second-order valence-electron chi connectivity index (χ2n) is 6.84. The average molecular weight is 298 g/mol. The first kappa shape index (κ1) is 17.8. The molecule has 0 radical (unpaired) electrons. The normalized spacial score (nSPS) is 24.0. The summed E-state index contributed by atoms with van der Waals surface area (Å²) in [5.74, 6) is -0.239. The predicted molar refractivity (Wildman–Crippen MR) is 83.2 cm³/mol. The molecule has 1 rings (SSSR count). The van der Waals surface area contributed by atoms with Crippen LogP contribution in [0.25, 0.3) is 0 Å². The van der Waals surface area contributed by atoms with Crippen LogP contribution in [0.1, 0.15) is 59.8 Å². The van der Waals surface area contributed by atoms with E-state index in [1.807, 2.05) is 13.8 Å². The molecule has 2 unspecified atom stereocenters. The van der Waals surface area contributed by atoms with Crippen LogP contribution in [0.3, 0.4) is 0 Å². The number of nitrogens with zero attached hydrogens (tertiary/aromatic N) is 1. The van der Waals surface area contributed by atoms with E-state index in [9.17, 15) is 14.7 Å². The second kappa shape index (κ2) is 7.66. The molecular formula is C16H30N2O3. The minimum atomic E-state index is -0.767. The molecule has 5 nitrogen and oxygen atoms in total. The molecule has 1 saturated heterocycles. The van der Waals surface area contributed by atoms with Gasteiger partial charge in [-0.2, -0.15) is 0 Å². The van der Waals surface area contributed by atoms with E-state index in [4.69, 9.17) is 0 Å². The molecule has 1 fully saturated rings. The molecule has 1 aliphatic heterocycles. The van der Waals surface area contributed by atoms with Gasteiger partial charge in [-0.3, -0.25) is 4.79 Å². The van der Waals surface area contributed by atoms with Crippen molar-refractivity contribution in [3.63, 3.8) is 0 Å². The van der Waals surface area contributed by atoms with Crippen molar-refractivity contribution < 1.29 is 14.7 Å². The lowest BCUT2D eigenvalue weighted by Crippen LogP contribution is -2.53. The summed E-state index contributed by atoms with van der Waals surface area (Å²) in [5, 5.41) is 12.6. The third kappa shape index (κ3) is 4.90. The van der Waals surface area contributed by atoms with Crippen molar-refractivity contribution in [1.82, 2.24) is 10.2 Å². The zero-order valence-corrected chi connectivity index (χ0v) is 13.8. The number of urea groups is 1. The van der Waals surface area contributed by atoms with Crippen LogP contribution >= 0.6 is 0 Å². The Morgan fingerprint density at radius 2 is 2.00 bits per heavy atom. The van der Waals surface area contributed by atoms with Gasteiger partial charge >= 0.3 is 12.0 Å². The number of aliphatic carboxylic acids is 1. The van der Waals surface area contributed by atoms with Crippen LogP contribution in [0.15, 0.2) is 0 Å². The van der Waals surface area contributed by atoms with E-state index in [0.29, 0.717) is 31.8 Å². The fourth-order valence-electron chi connectivity index (χ4n) is 3.34. The van der Waals surface area contributed by atoms with Gasteiger partial charge in [-0.15, -0.1) is 0 Å². The highest BCUT2D eigenvalue weighted by Gasteiger charge is 2.42. The maximum atomic E-state index is 12.3.